The number of likely N-dealkylation sites (N-methyl/N-ethyl adjacent to an activating group) is 1. The number of benzene rings is 1. The summed E-state index contributed by atoms with van der Waals surface area (Å²) in [6, 6.07) is 7.40. The van der Waals surface area contributed by atoms with E-state index in [4.69, 9.17) is 10.00 Å². The molecule has 0 aliphatic heterocycles. The van der Waals surface area contributed by atoms with Crippen molar-refractivity contribution in [2.45, 2.75) is 6.92 Å². The molecular formula is C12H13BrN2O2. The lowest BCUT2D eigenvalue weighted by molar-refractivity contribution is -0.141. The third-order valence-corrected chi connectivity index (χ3v) is 2.66. The monoisotopic (exact) mass is 296 g/mol. The van der Waals surface area contributed by atoms with Gasteiger partial charge >= 0.3 is 5.97 Å². The number of carbonyl (C=O) groups excluding carboxylic acids is 1. The van der Waals surface area contributed by atoms with Crippen molar-refractivity contribution >= 4 is 27.6 Å². The Morgan fingerprint density at radius 2 is 2.29 bits per heavy atom. The first kappa shape index (κ1) is 13.5. The van der Waals surface area contributed by atoms with Gasteiger partial charge in [0.05, 0.1) is 17.9 Å². The largest absolute Gasteiger partial charge is 0.465 e. The third-order valence-electron chi connectivity index (χ3n) is 2.16. The van der Waals surface area contributed by atoms with Crippen molar-refractivity contribution in [3.63, 3.8) is 0 Å². The van der Waals surface area contributed by atoms with Crippen LogP contribution in [0.2, 0.25) is 0 Å². The first-order chi connectivity index (χ1) is 8.08. The molecular weight excluding hydrogens is 284 g/mol. The van der Waals surface area contributed by atoms with E-state index < -0.39 is 0 Å². The number of halogens is 1. The molecule has 0 bridgehead atoms. The summed E-state index contributed by atoms with van der Waals surface area (Å²) in [5, 5.41) is 8.99. The van der Waals surface area contributed by atoms with Crippen molar-refractivity contribution in [1.82, 2.24) is 0 Å². The summed E-state index contributed by atoms with van der Waals surface area (Å²) >= 11 is 3.34. The molecule has 0 saturated heterocycles. The van der Waals surface area contributed by atoms with Crippen molar-refractivity contribution < 1.29 is 9.53 Å². The fourth-order valence-corrected chi connectivity index (χ4v) is 1.75. The molecule has 0 heterocycles. The van der Waals surface area contributed by atoms with Crippen molar-refractivity contribution in [2.24, 2.45) is 0 Å². The van der Waals surface area contributed by atoms with E-state index in [1.54, 1.807) is 37.1 Å². The SMILES string of the molecule is CCOC(=O)CN(C)c1cc(Br)ccc1C#N. The summed E-state index contributed by atoms with van der Waals surface area (Å²) < 4.78 is 5.73. The Hall–Kier alpha value is -1.54. The summed E-state index contributed by atoms with van der Waals surface area (Å²) in [6.07, 6.45) is 0. The lowest BCUT2D eigenvalue weighted by Gasteiger charge is -2.19. The van der Waals surface area contributed by atoms with E-state index in [2.05, 4.69) is 22.0 Å². The van der Waals surface area contributed by atoms with E-state index in [9.17, 15) is 4.79 Å². The second kappa shape index (κ2) is 6.26. The van der Waals surface area contributed by atoms with E-state index in [0.29, 0.717) is 17.9 Å². The Kier molecular flexibility index (Phi) is 4.98. The Balaban J connectivity index is 2.88. The molecule has 0 saturated carbocycles. The van der Waals surface area contributed by atoms with Gasteiger partial charge in [0, 0.05) is 11.5 Å². The molecule has 1 aromatic carbocycles. The van der Waals surface area contributed by atoms with Gasteiger partial charge in [0.25, 0.3) is 0 Å². The summed E-state index contributed by atoms with van der Waals surface area (Å²) in [5.41, 5.74) is 1.23. The second-order valence-electron chi connectivity index (χ2n) is 3.43. The zero-order valence-corrected chi connectivity index (χ0v) is 11.3. The van der Waals surface area contributed by atoms with Crippen LogP contribution in [0, 0.1) is 11.3 Å². The Labute approximate surface area is 109 Å². The number of ether oxygens (including phenoxy) is 1. The second-order valence-corrected chi connectivity index (χ2v) is 4.35. The molecule has 0 aliphatic rings. The van der Waals surface area contributed by atoms with Gasteiger partial charge in [0.15, 0.2) is 0 Å². The molecule has 0 radical (unpaired) electrons. The molecule has 0 amide bonds. The minimum atomic E-state index is -0.307. The van der Waals surface area contributed by atoms with Gasteiger partial charge in [-0.2, -0.15) is 5.26 Å². The number of anilines is 1. The highest BCUT2D eigenvalue weighted by molar-refractivity contribution is 9.10. The number of hydrogen-bond acceptors (Lipinski definition) is 4. The minimum Gasteiger partial charge on any atom is -0.465 e. The molecule has 1 rings (SSSR count). The van der Waals surface area contributed by atoms with Crippen molar-refractivity contribution in [1.29, 1.82) is 5.26 Å². The van der Waals surface area contributed by atoms with Crippen LogP contribution < -0.4 is 4.90 Å². The van der Waals surface area contributed by atoms with Gasteiger partial charge in [0.1, 0.15) is 12.6 Å². The van der Waals surface area contributed by atoms with Crippen LogP contribution in [0.15, 0.2) is 22.7 Å². The molecule has 0 fully saturated rings. The number of carbonyl (C=O) groups is 1. The molecule has 0 atom stereocenters. The smallest absolute Gasteiger partial charge is 0.325 e. The van der Waals surface area contributed by atoms with Crippen LogP contribution >= 0.6 is 15.9 Å². The third kappa shape index (κ3) is 3.75. The zero-order valence-electron chi connectivity index (χ0n) is 9.74. The summed E-state index contributed by atoms with van der Waals surface area (Å²) in [6.45, 7) is 2.24. The molecule has 0 N–H and O–H groups in total. The lowest BCUT2D eigenvalue weighted by atomic mass is 10.2. The van der Waals surface area contributed by atoms with Gasteiger partial charge in [-0.1, -0.05) is 15.9 Å². The van der Waals surface area contributed by atoms with E-state index in [1.165, 1.54) is 0 Å². The van der Waals surface area contributed by atoms with Crippen LogP contribution in [0.4, 0.5) is 5.69 Å². The zero-order chi connectivity index (χ0) is 12.8. The number of esters is 1. The lowest BCUT2D eigenvalue weighted by Crippen LogP contribution is -2.27. The number of rotatable bonds is 4. The summed E-state index contributed by atoms with van der Waals surface area (Å²) in [4.78, 5) is 13.0. The quantitative estimate of drug-likeness (QED) is 0.800. The number of nitriles is 1. The highest BCUT2D eigenvalue weighted by Gasteiger charge is 2.12. The van der Waals surface area contributed by atoms with Gasteiger partial charge in [-0.05, 0) is 25.1 Å². The minimum absolute atomic E-state index is 0.124. The average molecular weight is 297 g/mol. The van der Waals surface area contributed by atoms with Gasteiger partial charge in [-0.3, -0.25) is 4.79 Å². The Bertz CT molecular complexity index is 454. The van der Waals surface area contributed by atoms with Gasteiger partial charge in [-0.25, -0.2) is 0 Å². The molecule has 17 heavy (non-hydrogen) atoms. The van der Waals surface area contributed by atoms with Crippen molar-refractivity contribution in [2.75, 3.05) is 25.1 Å². The van der Waals surface area contributed by atoms with Gasteiger partial charge < -0.3 is 9.64 Å². The number of nitrogens with zero attached hydrogens (tertiary/aromatic N) is 2. The molecule has 0 spiro atoms. The highest BCUT2D eigenvalue weighted by atomic mass is 79.9. The predicted molar refractivity (Wildman–Crippen MR) is 68.8 cm³/mol. The topological polar surface area (TPSA) is 53.3 Å². The molecule has 5 heteroatoms. The normalized spacial score (nSPS) is 9.53. The Morgan fingerprint density at radius 3 is 2.88 bits per heavy atom. The maximum Gasteiger partial charge on any atom is 0.325 e. The summed E-state index contributed by atoms with van der Waals surface area (Å²) in [5.74, 6) is -0.307. The number of hydrogen-bond donors (Lipinski definition) is 0. The molecule has 0 unspecified atom stereocenters. The maximum atomic E-state index is 11.4. The molecule has 0 aromatic heterocycles. The van der Waals surface area contributed by atoms with Gasteiger partial charge in [-0.15, -0.1) is 0 Å². The van der Waals surface area contributed by atoms with Crippen molar-refractivity contribution in [3.8, 4) is 6.07 Å². The molecule has 4 nitrogen and oxygen atoms in total. The van der Waals surface area contributed by atoms with Crippen LogP contribution in [-0.2, 0) is 9.53 Å². The molecule has 1 aromatic rings. The first-order valence-electron chi connectivity index (χ1n) is 5.15. The van der Waals surface area contributed by atoms with E-state index in [-0.39, 0.29) is 12.5 Å². The molecule has 90 valence electrons. The van der Waals surface area contributed by atoms with E-state index in [1.807, 2.05) is 0 Å². The van der Waals surface area contributed by atoms with Gasteiger partial charge in [0.2, 0.25) is 0 Å². The maximum absolute atomic E-state index is 11.4. The van der Waals surface area contributed by atoms with Crippen LogP contribution in [0.1, 0.15) is 12.5 Å². The fraction of sp³-hybridized carbons (Fsp3) is 0.333. The van der Waals surface area contributed by atoms with Crippen LogP contribution in [0.5, 0.6) is 0 Å². The Morgan fingerprint density at radius 1 is 1.59 bits per heavy atom. The highest BCUT2D eigenvalue weighted by Crippen LogP contribution is 2.23. The van der Waals surface area contributed by atoms with E-state index in [0.717, 1.165) is 4.47 Å². The predicted octanol–water partition coefficient (Wildman–Crippen LogP) is 2.32. The standard InChI is InChI=1S/C12H13BrN2O2/c1-3-17-12(16)8-15(2)11-6-10(13)5-4-9(11)7-14/h4-6H,3,8H2,1-2H3. The van der Waals surface area contributed by atoms with Crippen LogP contribution in [0.3, 0.4) is 0 Å². The van der Waals surface area contributed by atoms with Crippen LogP contribution in [0.25, 0.3) is 0 Å². The first-order valence-corrected chi connectivity index (χ1v) is 5.94. The van der Waals surface area contributed by atoms with Crippen LogP contribution in [-0.4, -0.2) is 26.2 Å². The summed E-state index contributed by atoms with van der Waals surface area (Å²) in [7, 11) is 1.75. The fourth-order valence-electron chi connectivity index (χ4n) is 1.40. The molecule has 0 aliphatic carbocycles. The van der Waals surface area contributed by atoms with E-state index >= 15 is 0 Å². The average Bonchev–Trinajstić information content (AvgIpc) is 2.29. The van der Waals surface area contributed by atoms with Crippen molar-refractivity contribution in [3.05, 3.63) is 28.2 Å².